The molecule has 0 saturated carbocycles. The van der Waals surface area contributed by atoms with E-state index in [4.69, 9.17) is 9.47 Å². The van der Waals surface area contributed by atoms with Gasteiger partial charge in [-0.3, -0.25) is 19.3 Å². The van der Waals surface area contributed by atoms with Gasteiger partial charge >= 0.3 is 6.18 Å². The van der Waals surface area contributed by atoms with Crippen LogP contribution in [0.15, 0.2) is 48.5 Å². The summed E-state index contributed by atoms with van der Waals surface area (Å²) in [6.07, 6.45) is -5.49. The third-order valence-corrected chi connectivity index (χ3v) is 6.41. The van der Waals surface area contributed by atoms with E-state index in [1.54, 1.807) is 28.0 Å². The molecule has 0 bridgehead atoms. The van der Waals surface area contributed by atoms with E-state index in [2.05, 4.69) is 0 Å². The molecule has 0 aliphatic carbocycles. The summed E-state index contributed by atoms with van der Waals surface area (Å²) in [4.78, 5) is 42.8. The molecule has 2 fully saturated rings. The predicted octanol–water partition coefficient (Wildman–Crippen LogP) is 2.32. The van der Waals surface area contributed by atoms with Crippen LogP contribution in [0.1, 0.15) is 12.0 Å². The molecule has 2 atom stereocenters. The Labute approximate surface area is 198 Å². The fraction of sp³-hybridized carbons (Fsp3) is 0.375. The van der Waals surface area contributed by atoms with E-state index in [1.165, 1.54) is 12.1 Å². The summed E-state index contributed by atoms with van der Waals surface area (Å²) in [5.74, 6) is -0.255. The normalized spacial score (nSPS) is 23.1. The maximum atomic E-state index is 13.1. The van der Waals surface area contributed by atoms with Gasteiger partial charge in [0.15, 0.2) is 11.5 Å². The molecule has 2 aromatic rings. The molecule has 35 heavy (non-hydrogen) atoms. The first kappa shape index (κ1) is 23.2. The SMILES string of the molecule is O=C(C1COc2ccccc2O1)N1CCN(C2CC(=O)N(c3cccc(C(F)(F)F)c3)C2=O)CC1. The van der Waals surface area contributed by atoms with E-state index in [0.717, 1.165) is 17.0 Å². The topological polar surface area (TPSA) is 79.4 Å². The number of rotatable bonds is 3. The Morgan fingerprint density at radius 3 is 2.37 bits per heavy atom. The number of amides is 3. The molecule has 8 nitrogen and oxygen atoms in total. The second kappa shape index (κ2) is 8.88. The molecule has 3 aliphatic rings. The highest BCUT2D eigenvalue weighted by Gasteiger charge is 2.44. The first-order valence-electron chi connectivity index (χ1n) is 11.2. The highest BCUT2D eigenvalue weighted by molar-refractivity contribution is 6.22. The Bertz CT molecular complexity index is 1160. The van der Waals surface area contributed by atoms with E-state index in [1.807, 2.05) is 6.07 Å². The highest BCUT2D eigenvalue weighted by atomic mass is 19.4. The fourth-order valence-electron chi connectivity index (χ4n) is 4.59. The van der Waals surface area contributed by atoms with Crippen LogP contribution in [0.5, 0.6) is 11.5 Å². The molecule has 2 aromatic carbocycles. The summed E-state index contributed by atoms with van der Waals surface area (Å²) in [7, 11) is 0. The van der Waals surface area contributed by atoms with Crippen molar-refractivity contribution in [2.24, 2.45) is 0 Å². The minimum atomic E-state index is -4.58. The van der Waals surface area contributed by atoms with Crippen molar-refractivity contribution in [1.29, 1.82) is 0 Å². The number of ether oxygens (including phenoxy) is 2. The number of hydrogen-bond acceptors (Lipinski definition) is 6. The van der Waals surface area contributed by atoms with Crippen LogP contribution in [-0.4, -0.2) is 72.5 Å². The first-order chi connectivity index (χ1) is 16.7. The predicted molar refractivity (Wildman–Crippen MR) is 117 cm³/mol. The van der Waals surface area contributed by atoms with Gasteiger partial charge in [-0.15, -0.1) is 0 Å². The van der Waals surface area contributed by atoms with Gasteiger partial charge in [0.2, 0.25) is 12.0 Å². The van der Waals surface area contributed by atoms with E-state index < -0.39 is 35.7 Å². The number of hydrogen-bond donors (Lipinski definition) is 0. The van der Waals surface area contributed by atoms with Gasteiger partial charge in [-0.2, -0.15) is 13.2 Å². The van der Waals surface area contributed by atoms with Crippen LogP contribution in [0.3, 0.4) is 0 Å². The van der Waals surface area contributed by atoms with Crippen molar-refractivity contribution >= 4 is 23.4 Å². The van der Waals surface area contributed by atoms with Gasteiger partial charge in [0, 0.05) is 26.2 Å². The van der Waals surface area contributed by atoms with Crippen LogP contribution in [-0.2, 0) is 20.6 Å². The number of nitrogens with zero attached hydrogens (tertiary/aromatic N) is 3. The van der Waals surface area contributed by atoms with E-state index in [9.17, 15) is 27.6 Å². The number of anilines is 1. The van der Waals surface area contributed by atoms with E-state index in [-0.39, 0.29) is 24.6 Å². The molecular weight excluding hydrogens is 467 g/mol. The molecule has 0 radical (unpaired) electrons. The molecule has 2 unspecified atom stereocenters. The molecule has 3 amide bonds. The van der Waals surface area contributed by atoms with Gasteiger partial charge in [-0.25, -0.2) is 4.90 Å². The molecule has 5 rings (SSSR count). The zero-order valence-electron chi connectivity index (χ0n) is 18.5. The van der Waals surface area contributed by atoms with Gasteiger partial charge in [0.1, 0.15) is 6.61 Å². The lowest BCUT2D eigenvalue weighted by atomic mass is 10.1. The third-order valence-electron chi connectivity index (χ3n) is 6.41. The monoisotopic (exact) mass is 489 g/mol. The van der Waals surface area contributed by atoms with Crippen molar-refractivity contribution in [2.75, 3.05) is 37.7 Å². The Morgan fingerprint density at radius 2 is 1.66 bits per heavy atom. The number of alkyl halides is 3. The number of fused-ring (bicyclic) bond motifs is 1. The van der Waals surface area contributed by atoms with Crippen LogP contribution >= 0.6 is 0 Å². The van der Waals surface area contributed by atoms with E-state index >= 15 is 0 Å². The van der Waals surface area contributed by atoms with Gasteiger partial charge in [-0.05, 0) is 30.3 Å². The van der Waals surface area contributed by atoms with Gasteiger partial charge in [-0.1, -0.05) is 18.2 Å². The number of para-hydroxylation sites is 2. The van der Waals surface area contributed by atoms with Crippen molar-refractivity contribution in [3.8, 4) is 11.5 Å². The first-order valence-corrected chi connectivity index (χ1v) is 11.2. The molecular formula is C24H22F3N3O5. The number of carbonyl (C=O) groups excluding carboxylic acids is 3. The molecule has 11 heteroatoms. The average molecular weight is 489 g/mol. The van der Waals surface area contributed by atoms with Gasteiger partial charge in [0.05, 0.1) is 23.7 Å². The summed E-state index contributed by atoms with van der Waals surface area (Å²) >= 11 is 0. The van der Waals surface area contributed by atoms with Crippen LogP contribution in [0, 0.1) is 0 Å². The summed E-state index contributed by atoms with van der Waals surface area (Å²) in [6, 6.07) is 10.5. The number of halogens is 3. The maximum absolute atomic E-state index is 13.1. The quantitative estimate of drug-likeness (QED) is 0.616. The third kappa shape index (κ3) is 4.43. The lowest BCUT2D eigenvalue weighted by Gasteiger charge is -2.38. The standard InChI is InChI=1S/C24H22F3N3O5/c25-24(26,27)15-4-3-5-16(12-15)30-21(31)13-17(22(30)32)28-8-10-29(11-9-28)23(33)20-14-34-18-6-1-2-7-19(18)35-20/h1-7,12,17,20H,8-11,13-14H2. The van der Waals surface area contributed by atoms with Gasteiger partial charge < -0.3 is 14.4 Å². The number of imide groups is 1. The number of piperazine rings is 1. The zero-order valence-corrected chi connectivity index (χ0v) is 18.5. The smallest absolute Gasteiger partial charge is 0.416 e. The number of benzene rings is 2. The Hall–Kier alpha value is -3.60. The minimum absolute atomic E-state index is 0.0949. The van der Waals surface area contributed by atoms with Crippen LogP contribution in [0.4, 0.5) is 18.9 Å². The van der Waals surface area contributed by atoms with Crippen molar-refractivity contribution < 1.29 is 37.0 Å². The Morgan fingerprint density at radius 1 is 0.943 bits per heavy atom. The molecule has 2 saturated heterocycles. The Kier molecular flexibility index (Phi) is 5.87. The average Bonchev–Trinajstić information content (AvgIpc) is 3.16. The second-order valence-corrected chi connectivity index (χ2v) is 8.56. The van der Waals surface area contributed by atoms with Crippen molar-refractivity contribution in [1.82, 2.24) is 9.80 Å². The lowest BCUT2D eigenvalue weighted by molar-refractivity contribution is -0.143. The van der Waals surface area contributed by atoms with Crippen molar-refractivity contribution in [3.63, 3.8) is 0 Å². The summed E-state index contributed by atoms with van der Waals surface area (Å²) < 4.78 is 50.6. The van der Waals surface area contributed by atoms with Crippen LogP contribution in [0.25, 0.3) is 0 Å². The minimum Gasteiger partial charge on any atom is -0.485 e. The second-order valence-electron chi connectivity index (χ2n) is 8.56. The molecule has 0 spiro atoms. The van der Waals surface area contributed by atoms with E-state index in [0.29, 0.717) is 37.7 Å². The molecule has 3 heterocycles. The maximum Gasteiger partial charge on any atom is 0.416 e. The fourth-order valence-corrected chi connectivity index (χ4v) is 4.59. The summed E-state index contributed by atoms with van der Waals surface area (Å²) in [5.41, 5.74) is -1.02. The Balaban J connectivity index is 1.21. The van der Waals surface area contributed by atoms with Crippen LogP contribution < -0.4 is 14.4 Å². The molecule has 0 N–H and O–H groups in total. The molecule has 3 aliphatic heterocycles. The molecule has 0 aromatic heterocycles. The van der Waals surface area contributed by atoms with Crippen molar-refractivity contribution in [3.05, 3.63) is 54.1 Å². The summed E-state index contributed by atoms with van der Waals surface area (Å²) in [6.45, 7) is 1.42. The summed E-state index contributed by atoms with van der Waals surface area (Å²) in [5, 5.41) is 0. The highest BCUT2D eigenvalue weighted by Crippen LogP contribution is 2.34. The zero-order chi connectivity index (χ0) is 24.7. The molecule has 184 valence electrons. The van der Waals surface area contributed by atoms with Crippen LogP contribution in [0.2, 0.25) is 0 Å². The van der Waals surface area contributed by atoms with Crippen molar-refractivity contribution in [2.45, 2.75) is 24.7 Å². The number of carbonyl (C=O) groups is 3. The largest absolute Gasteiger partial charge is 0.485 e. The lowest BCUT2D eigenvalue weighted by Crippen LogP contribution is -2.57. The van der Waals surface area contributed by atoms with Gasteiger partial charge in [0.25, 0.3) is 11.8 Å².